The minimum atomic E-state index is -0.384. The second-order valence-electron chi connectivity index (χ2n) is 5.69. The fraction of sp³-hybridized carbons (Fsp3) is 0.353. The Hall–Kier alpha value is -3.03. The molecular weight excluding hydrogens is 324 g/mol. The SMILES string of the molecule is COc1ccc(OCCCn2cnc3c2c(=O)n(C)c(=O)n3C)cc1. The van der Waals surface area contributed by atoms with Gasteiger partial charge in [0.1, 0.15) is 11.5 Å². The maximum atomic E-state index is 12.3. The van der Waals surface area contributed by atoms with Crippen molar-refractivity contribution in [2.75, 3.05) is 13.7 Å². The lowest BCUT2D eigenvalue weighted by Crippen LogP contribution is -2.37. The fourth-order valence-electron chi connectivity index (χ4n) is 2.66. The number of aryl methyl sites for hydroxylation is 2. The number of rotatable bonds is 6. The number of hydrogen-bond acceptors (Lipinski definition) is 5. The van der Waals surface area contributed by atoms with E-state index in [-0.39, 0.29) is 11.2 Å². The van der Waals surface area contributed by atoms with Gasteiger partial charge in [-0.1, -0.05) is 0 Å². The van der Waals surface area contributed by atoms with E-state index in [4.69, 9.17) is 9.47 Å². The van der Waals surface area contributed by atoms with Crippen molar-refractivity contribution in [3.63, 3.8) is 0 Å². The highest BCUT2D eigenvalue weighted by Gasteiger charge is 2.13. The van der Waals surface area contributed by atoms with Gasteiger partial charge in [-0.2, -0.15) is 0 Å². The van der Waals surface area contributed by atoms with Gasteiger partial charge in [0.25, 0.3) is 5.56 Å². The monoisotopic (exact) mass is 344 g/mol. The smallest absolute Gasteiger partial charge is 0.332 e. The van der Waals surface area contributed by atoms with Crippen molar-refractivity contribution in [1.82, 2.24) is 18.7 Å². The van der Waals surface area contributed by atoms with Gasteiger partial charge in [0, 0.05) is 20.6 Å². The first-order valence-corrected chi connectivity index (χ1v) is 7.90. The molecule has 3 aromatic rings. The lowest BCUT2D eigenvalue weighted by Gasteiger charge is -2.08. The first kappa shape index (κ1) is 16.8. The predicted molar refractivity (Wildman–Crippen MR) is 93.3 cm³/mol. The molecule has 0 saturated carbocycles. The Kier molecular flexibility index (Phi) is 4.60. The Morgan fingerprint density at radius 2 is 1.72 bits per heavy atom. The first-order chi connectivity index (χ1) is 12.0. The Morgan fingerprint density at radius 1 is 1.04 bits per heavy atom. The highest BCUT2D eigenvalue weighted by atomic mass is 16.5. The van der Waals surface area contributed by atoms with E-state index in [9.17, 15) is 9.59 Å². The normalized spacial score (nSPS) is 11.0. The lowest BCUT2D eigenvalue weighted by molar-refractivity contribution is 0.302. The molecule has 8 heteroatoms. The highest BCUT2D eigenvalue weighted by Crippen LogP contribution is 2.17. The minimum absolute atomic E-state index is 0.341. The number of methoxy groups -OCH3 is 1. The summed E-state index contributed by atoms with van der Waals surface area (Å²) in [6.07, 6.45) is 2.28. The van der Waals surface area contributed by atoms with Gasteiger partial charge >= 0.3 is 5.69 Å². The van der Waals surface area contributed by atoms with Crippen LogP contribution in [0.3, 0.4) is 0 Å². The fourth-order valence-corrected chi connectivity index (χ4v) is 2.66. The van der Waals surface area contributed by atoms with E-state index in [1.807, 2.05) is 24.3 Å². The van der Waals surface area contributed by atoms with Gasteiger partial charge in [-0.15, -0.1) is 0 Å². The zero-order valence-electron chi connectivity index (χ0n) is 14.4. The van der Waals surface area contributed by atoms with Gasteiger partial charge in [0.15, 0.2) is 11.2 Å². The molecule has 0 aliphatic heterocycles. The van der Waals surface area contributed by atoms with Gasteiger partial charge < -0.3 is 14.0 Å². The number of benzene rings is 1. The summed E-state index contributed by atoms with van der Waals surface area (Å²) < 4.78 is 15.0. The number of fused-ring (bicyclic) bond motifs is 1. The van der Waals surface area contributed by atoms with E-state index >= 15 is 0 Å². The average Bonchev–Trinajstić information content (AvgIpc) is 3.06. The second-order valence-corrected chi connectivity index (χ2v) is 5.69. The summed E-state index contributed by atoms with van der Waals surface area (Å²) in [7, 11) is 4.69. The molecule has 3 rings (SSSR count). The molecule has 2 heterocycles. The zero-order valence-corrected chi connectivity index (χ0v) is 14.4. The van der Waals surface area contributed by atoms with Crippen LogP contribution in [0.4, 0.5) is 0 Å². The van der Waals surface area contributed by atoms with Crippen LogP contribution in [0.2, 0.25) is 0 Å². The summed E-state index contributed by atoms with van der Waals surface area (Å²) in [6.45, 7) is 1.07. The summed E-state index contributed by atoms with van der Waals surface area (Å²) in [5.41, 5.74) is 0.0930. The molecule has 0 radical (unpaired) electrons. The Balaban J connectivity index is 1.69. The van der Waals surface area contributed by atoms with Crippen LogP contribution in [0.15, 0.2) is 40.2 Å². The third-order valence-electron chi connectivity index (χ3n) is 4.09. The van der Waals surface area contributed by atoms with Crippen LogP contribution in [0.25, 0.3) is 11.2 Å². The Morgan fingerprint density at radius 3 is 2.40 bits per heavy atom. The molecule has 0 amide bonds. The van der Waals surface area contributed by atoms with Crippen molar-refractivity contribution >= 4 is 11.2 Å². The molecule has 0 atom stereocenters. The van der Waals surface area contributed by atoms with Gasteiger partial charge in [0.05, 0.1) is 20.0 Å². The molecule has 0 saturated heterocycles. The molecule has 8 nitrogen and oxygen atoms in total. The quantitative estimate of drug-likeness (QED) is 0.621. The van der Waals surface area contributed by atoms with E-state index in [2.05, 4.69) is 4.98 Å². The summed E-state index contributed by atoms with van der Waals surface area (Å²) in [5, 5.41) is 0. The van der Waals surface area contributed by atoms with Crippen molar-refractivity contribution in [2.24, 2.45) is 14.1 Å². The molecule has 132 valence electrons. The standard InChI is InChI=1S/C17H20N4O4/c1-19-15-14(16(22)20(2)17(19)23)21(11-18-15)9-4-10-25-13-7-5-12(24-3)6-8-13/h5-8,11H,4,9-10H2,1-3H3. The van der Waals surface area contributed by atoms with E-state index < -0.39 is 0 Å². The molecule has 0 unspecified atom stereocenters. The highest BCUT2D eigenvalue weighted by molar-refractivity contribution is 5.69. The van der Waals surface area contributed by atoms with Gasteiger partial charge in [-0.3, -0.25) is 13.9 Å². The maximum Gasteiger partial charge on any atom is 0.332 e. The summed E-state index contributed by atoms with van der Waals surface area (Å²) in [6, 6.07) is 7.36. The minimum Gasteiger partial charge on any atom is -0.497 e. The molecule has 25 heavy (non-hydrogen) atoms. The maximum absolute atomic E-state index is 12.3. The van der Waals surface area contributed by atoms with Crippen molar-refractivity contribution in [2.45, 2.75) is 13.0 Å². The van der Waals surface area contributed by atoms with Crippen LogP contribution in [0, 0.1) is 0 Å². The molecule has 2 aromatic heterocycles. The number of hydrogen-bond donors (Lipinski definition) is 0. The Bertz CT molecular complexity index is 998. The molecule has 1 aromatic carbocycles. The average molecular weight is 344 g/mol. The predicted octanol–water partition coefficient (Wildman–Crippen LogP) is 0.911. The van der Waals surface area contributed by atoms with Crippen molar-refractivity contribution in [1.29, 1.82) is 0 Å². The zero-order chi connectivity index (χ0) is 18.0. The van der Waals surface area contributed by atoms with Crippen molar-refractivity contribution in [3.05, 3.63) is 51.4 Å². The van der Waals surface area contributed by atoms with Crippen LogP contribution in [-0.2, 0) is 20.6 Å². The topological polar surface area (TPSA) is 80.3 Å². The van der Waals surface area contributed by atoms with E-state index in [0.29, 0.717) is 30.7 Å². The Labute approximate surface area is 143 Å². The molecule has 0 aliphatic carbocycles. The van der Waals surface area contributed by atoms with Gasteiger partial charge in [-0.05, 0) is 30.7 Å². The van der Waals surface area contributed by atoms with E-state index in [1.54, 1.807) is 25.1 Å². The molecular formula is C17H20N4O4. The largest absolute Gasteiger partial charge is 0.497 e. The number of nitrogens with zero attached hydrogens (tertiary/aromatic N) is 4. The summed E-state index contributed by atoms with van der Waals surface area (Å²) in [4.78, 5) is 28.5. The van der Waals surface area contributed by atoms with Crippen LogP contribution in [0.1, 0.15) is 6.42 Å². The first-order valence-electron chi connectivity index (χ1n) is 7.90. The van der Waals surface area contributed by atoms with Crippen LogP contribution in [0.5, 0.6) is 11.5 Å². The van der Waals surface area contributed by atoms with Crippen LogP contribution in [-0.4, -0.2) is 32.4 Å². The second kappa shape index (κ2) is 6.84. The lowest BCUT2D eigenvalue weighted by atomic mass is 10.3. The third kappa shape index (κ3) is 3.15. The molecule has 0 spiro atoms. The molecule has 0 N–H and O–H groups in total. The molecule has 0 fully saturated rings. The summed E-state index contributed by atoms with van der Waals surface area (Å²) in [5.74, 6) is 1.54. The van der Waals surface area contributed by atoms with E-state index in [0.717, 1.165) is 16.1 Å². The number of aromatic nitrogens is 4. The third-order valence-corrected chi connectivity index (χ3v) is 4.09. The molecule has 0 aliphatic rings. The van der Waals surface area contributed by atoms with Gasteiger partial charge in [0.2, 0.25) is 0 Å². The van der Waals surface area contributed by atoms with Crippen LogP contribution < -0.4 is 20.7 Å². The number of ether oxygens (including phenoxy) is 2. The molecule has 0 bridgehead atoms. The van der Waals surface area contributed by atoms with Crippen molar-refractivity contribution < 1.29 is 9.47 Å². The number of imidazole rings is 1. The summed E-state index contributed by atoms with van der Waals surface area (Å²) >= 11 is 0. The van der Waals surface area contributed by atoms with E-state index in [1.165, 1.54) is 11.6 Å². The van der Waals surface area contributed by atoms with Gasteiger partial charge in [-0.25, -0.2) is 9.78 Å². The van der Waals surface area contributed by atoms with Crippen molar-refractivity contribution in [3.8, 4) is 11.5 Å². The van der Waals surface area contributed by atoms with Crippen LogP contribution >= 0.6 is 0 Å².